The van der Waals surface area contributed by atoms with Gasteiger partial charge >= 0.3 is 0 Å². The molecular formula is C16H21N3. The number of anilines is 1. The number of hydrogen-bond acceptors (Lipinski definition) is 2. The molecule has 0 unspecified atom stereocenters. The minimum Gasteiger partial charge on any atom is -0.352 e. The van der Waals surface area contributed by atoms with Crippen LogP contribution in [0.3, 0.4) is 0 Å². The molecule has 0 spiro atoms. The summed E-state index contributed by atoms with van der Waals surface area (Å²) in [5.41, 5.74) is 3.71. The van der Waals surface area contributed by atoms with Gasteiger partial charge in [-0.3, -0.25) is 0 Å². The largest absolute Gasteiger partial charge is 0.352 e. The van der Waals surface area contributed by atoms with E-state index in [-0.39, 0.29) is 0 Å². The lowest BCUT2D eigenvalue weighted by molar-refractivity contribution is 0.700. The van der Waals surface area contributed by atoms with Crippen LogP contribution in [0.25, 0.3) is 0 Å². The lowest BCUT2D eigenvalue weighted by Gasteiger charge is -2.08. The molecule has 0 amide bonds. The first kappa shape index (κ1) is 13.4. The van der Waals surface area contributed by atoms with E-state index in [1.807, 2.05) is 13.0 Å². The second-order valence-electron chi connectivity index (χ2n) is 4.81. The van der Waals surface area contributed by atoms with Crippen molar-refractivity contribution in [3.63, 3.8) is 0 Å². The van der Waals surface area contributed by atoms with Gasteiger partial charge in [0, 0.05) is 19.3 Å². The Morgan fingerprint density at radius 1 is 1.37 bits per heavy atom. The number of nitrogens with zero attached hydrogens (tertiary/aromatic N) is 2. The zero-order valence-corrected chi connectivity index (χ0v) is 11.7. The second kappa shape index (κ2) is 6.23. The van der Waals surface area contributed by atoms with Crippen LogP contribution in [0.2, 0.25) is 0 Å². The molecule has 1 aromatic carbocycles. The SMILES string of the molecule is C=CCNc1nc(C)cn1CCc1cccc(C)c1. The highest BCUT2D eigenvalue weighted by atomic mass is 15.2. The minimum atomic E-state index is 0.737. The zero-order chi connectivity index (χ0) is 13.7. The summed E-state index contributed by atoms with van der Waals surface area (Å²) in [5, 5.41) is 3.27. The summed E-state index contributed by atoms with van der Waals surface area (Å²) in [6.45, 7) is 9.53. The highest BCUT2D eigenvalue weighted by Gasteiger charge is 2.04. The summed E-state index contributed by atoms with van der Waals surface area (Å²) in [7, 11) is 0. The van der Waals surface area contributed by atoms with Gasteiger partial charge in [-0.15, -0.1) is 6.58 Å². The fraction of sp³-hybridized carbons (Fsp3) is 0.312. The Balaban J connectivity index is 2.04. The molecule has 0 bridgehead atoms. The Kier molecular flexibility index (Phi) is 4.39. The van der Waals surface area contributed by atoms with Gasteiger partial charge in [0.15, 0.2) is 0 Å². The van der Waals surface area contributed by atoms with Gasteiger partial charge in [0.25, 0.3) is 0 Å². The normalized spacial score (nSPS) is 10.4. The van der Waals surface area contributed by atoms with E-state index in [1.165, 1.54) is 11.1 Å². The van der Waals surface area contributed by atoms with E-state index in [1.54, 1.807) is 0 Å². The van der Waals surface area contributed by atoms with Crippen molar-refractivity contribution in [3.8, 4) is 0 Å². The number of hydrogen-bond donors (Lipinski definition) is 1. The summed E-state index contributed by atoms with van der Waals surface area (Å²) < 4.78 is 2.17. The van der Waals surface area contributed by atoms with Crippen molar-refractivity contribution < 1.29 is 0 Å². The number of benzene rings is 1. The third-order valence-corrected chi connectivity index (χ3v) is 3.03. The van der Waals surface area contributed by atoms with Gasteiger partial charge in [-0.1, -0.05) is 35.9 Å². The summed E-state index contributed by atoms with van der Waals surface area (Å²) >= 11 is 0. The van der Waals surface area contributed by atoms with E-state index in [0.717, 1.165) is 31.2 Å². The molecule has 0 aliphatic carbocycles. The van der Waals surface area contributed by atoms with Crippen LogP contribution in [0.1, 0.15) is 16.8 Å². The van der Waals surface area contributed by atoms with Crippen LogP contribution in [0.15, 0.2) is 43.1 Å². The van der Waals surface area contributed by atoms with Gasteiger partial charge in [0.1, 0.15) is 0 Å². The molecule has 3 heteroatoms. The van der Waals surface area contributed by atoms with Crippen LogP contribution in [0.4, 0.5) is 5.95 Å². The first-order valence-electron chi connectivity index (χ1n) is 6.63. The van der Waals surface area contributed by atoms with Crippen LogP contribution in [-0.4, -0.2) is 16.1 Å². The van der Waals surface area contributed by atoms with Gasteiger partial charge in [-0.2, -0.15) is 0 Å². The van der Waals surface area contributed by atoms with Crippen LogP contribution < -0.4 is 5.32 Å². The lowest BCUT2D eigenvalue weighted by Crippen LogP contribution is -2.08. The average molecular weight is 255 g/mol. The smallest absolute Gasteiger partial charge is 0.203 e. The molecule has 1 N–H and O–H groups in total. The molecule has 0 aliphatic rings. The Bertz CT molecular complexity index is 555. The summed E-state index contributed by atoms with van der Waals surface area (Å²) in [4.78, 5) is 4.48. The van der Waals surface area contributed by atoms with Gasteiger partial charge in [0.05, 0.1) is 5.69 Å². The van der Waals surface area contributed by atoms with E-state index in [0.29, 0.717) is 0 Å². The van der Waals surface area contributed by atoms with Crippen molar-refractivity contribution in [3.05, 3.63) is 59.9 Å². The molecule has 1 aromatic heterocycles. The molecule has 0 saturated carbocycles. The van der Waals surface area contributed by atoms with Crippen LogP contribution in [0.5, 0.6) is 0 Å². The molecule has 100 valence electrons. The van der Waals surface area contributed by atoms with Crippen LogP contribution in [0, 0.1) is 13.8 Å². The average Bonchev–Trinajstić information content (AvgIpc) is 2.74. The number of rotatable bonds is 6. The maximum absolute atomic E-state index is 4.48. The third kappa shape index (κ3) is 3.71. The number of aromatic nitrogens is 2. The van der Waals surface area contributed by atoms with Crippen molar-refractivity contribution in [2.24, 2.45) is 0 Å². The molecule has 1 heterocycles. The van der Waals surface area contributed by atoms with Gasteiger partial charge < -0.3 is 9.88 Å². The first-order valence-corrected chi connectivity index (χ1v) is 6.63. The van der Waals surface area contributed by atoms with Crippen molar-refractivity contribution in [1.29, 1.82) is 0 Å². The van der Waals surface area contributed by atoms with Crippen molar-refractivity contribution in [2.45, 2.75) is 26.8 Å². The van der Waals surface area contributed by atoms with E-state index in [4.69, 9.17) is 0 Å². The maximum atomic E-state index is 4.48. The van der Waals surface area contributed by atoms with Crippen molar-refractivity contribution in [1.82, 2.24) is 9.55 Å². The summed E-state index contributed by atoms with van der Waals surface area (Å²) in [5.74, 6) is 0.921. The van der Waals surface area contributed by atoms with E-state index < -0.39 is 0 Å². The van der Waals surface area contributed by atoms with Crippen molar-refractivity contribution >= 4 is 5.95 Å². The molecule has 2 rings (SSSR count). The number of nitrogens with one attached hydrogen (secondary N) is 1. The maximum Gasteiger partial charge on any atom is 0.203 e. The van der Waals surface area contributed by atoms with E-state index in [9.17, 15) is 0 Å². The Hall–Kier alpha value is -2.03. The first-order chi connectivity index (χ1) is 9.19. The predicted molar refractivity (Wildman–Crippen MR) is 80.5 cm³/mol. The van der Waals surface area contributed by atoms with E-state index in [2.05, 4.69) is 58.8 Å². The molecule has 0 aliphatic heterocycles. The standard InChI is InChI=1S/C16H21N3/c1-4-9-17-16-18-14(3)12-19(16)10-8-15-7-5-6-13(2)11-15/h4-7,11-12H,1,8-10H2,2-3H3,(H,17,18). The minimum absolute atomic E-state index is 0.737. The fourth-order valence-electron chi connectivity index (χ4n) is 2.14. The Morgan fingerprint density at radius 2 is 2.21 bits per heavy atom. The fourth-order valence-corrected chi connectivity index (χ4v) is 2.14. The quantitative estimate of drug-likeness (QED) is 0.802. The molecule has 0 atom stereocenters. The Labute approximate surface area is 115 Å². The molecule has 19 heavy (non-hydrogen) atoms. The predicted octanol–water partition coefficient (Wildman–Crippen LogP) is 3.34. The van der Waals surface area contributed by atoms with Crippen LogP contribution >= 0.6 is 0 Å². The molecule has 2 aromatic rings. The molecular weight excluding hydrogens is 234 g/mol. The van der Waals surface area contributed by atoms with E-state index >= 15 is 0 Å². The molecule has 3 nitrogen and oxygen atoms in total. The van der Waals surface area contributed by atoms with Gasteiger partial charge in [-0.25, -0.2) is 4.98 Å². The molecule has 0 saturated heterocycles. The second-order valence-corrected chi connectivity index (χ2v) is 4.81. The number of aryl methyl sites for hydroxylation is 4. The molecule has 0 fully saturated rings. The number of imidazole rings is 1. The van der Waals surface area contributed by atoms with Gasteiger partial charge in [0.2, 0.25) is 5.95 Å². The molecule has 0 radical (unpaired) electrons. The highest BCUT2D eigenvalue weighted by Crippen LogP contribution is 2.11. The highest BCUT2D eigenvalue weighted by molar-refractivity contribution is 5.30. The monoisotopic (exact) mass is 255 g/mol. The zero-order valence-electron chi connectivity index (χ0n) is 11.7. The Morgan fingerprint density at radius 3 is 2.95 bits per heavy atom. The third-order valence-electron chi connectivity index (χ3n) is 3.03. The lowest BCUT2D eigenvalue weighted by atomic mass is 10.1. The summed E-state index contributed by atoms with van der Waals surface area (Å²) in [6.07, 6.45) is 4.94. The summed E-state index contributed by atoms with van der Waals surface area (Å²) in [6, 6.07) is 8.65. The van der Waals surface area contributed by atoms with Crippen molar-refractivity contribution in [2.75, 3.05) is 11.9 Å². The topological polar surface area (TPSA) is 29.9 Å². The van der Waals surface area contributed by atoms with Crippen LogP contribution in [-0.2, 0) is 13.0 Å². The van der Waals surface area contributed by atoms with Gasteiger partial charge in [-0.05, 0) is 25.8 Å².